The van der Waals surface area contributed by atoms with Crippen LogP contribution in [0.5, 0.6) is 5.75 Å². The second kappa shape index (κ2) is 8.05. The minimum atomic E-state index is -0.522. The molecular formula is C19H16N2O5S. The fourth-order valence-corrected chi connectivity index (χ4v) is 3.36. The number of ether oxygens (including phenoxy) is 1. The first kappa shape index (κ1) is 18.7. The maximum absolute atomic E-state index is 12.5. The van der Waals surface area contributed by atoms with Crippen LogP contribution in [0, 0.1) is 17.0 Å². The molecule has 0 aromatic heterocycles. The number of aryl methyl sites for hydroxylation is 1. The van der Waals surface area contributed by atoms with E-state index in [0.717, 1.165) is 22.2 Å². The number of thioether (sulfide) groups is 1. The fraction of sp³-hybridized carbons (Fsp3) is 0.158. The van der Waals surface area contributed by atoms with Crippen LogP contribution in [0.15, 0.2) is 53.4 Å². The summed E-state index contributed by atoms with van der Waals surface area (Å²) < 4.78 is 5.56. The summed E-state index contributed by atoms with van der Waals surface area (Å²) in [5.41, 5.74) is 1.27. The van der Waals surface area contributed by atoms with Gasteiger partial charge in [-0.25, -0.2) is 0 Å². The highest BCUT2D eigenvalue weighted by molar-refractivity contribution is 8.18. The molecule has 0 radical (unpaired) electrons. The minimum absolute atomic E-state index is 0.104. The molecule has 1 saturated heterocycles. The van der Waals surface area contributed by atoms with E-state index in [0.29, 0.717) is 5.75 Å². The van der Waals surface area contributed by atoms with Gasteiger partial charge in [0.2, 0.25) is 0 Å². The number of hydrogen-bond donors (Lipinski definition) is 0. The molecule has 0 spiro atoms. The first-order valence-corrected chi connectivity index (χ1v) is 8.95. The lowest BCUT2D eigenvalue weighted by molar-refractivity contribution is -0.385. The Bertz CT molecular complexity index is 924. The summed E-state index contributed by atoms with van der Waals surface area (Å²) in [6, 6.07) is 13.5. The summed E-state index contributed by atoms with van der Waals surface area (Å²) >= 11 is 0.766. The standard InChI is InChI=1S/C19H16N2O5S/c1-13-6-8-15(9-7-13)26-11-10-20-18(22)17(27-19(20)23)12-14-4-2-3-5-16(14)21(24)25/h2-9,12H,10-11H2,1H3/b17-12-. The van der Waals surface area contributed by atoms with Crippen LogP contribution in [0.1, 0.15) is 11.1 Å². The van der Waals surface area contributed by atoms with E-state index < -0.39 is 16.1 Å². The van der Waals surface area contributed by atoms with Crippen molar-refractivity contribution in [2.24, 2.45) is 0 Å². The number of rotatable bonds is 6. The zero-order chi connectivity index (χ0) is 19.4. The van der Waals surface area contributed by atoms with Crippen LogP contribution in [0.3, 0.4) is 0 Å². The number of nitrogens with zero attached hydrogens (tertiary/aromatic N) is 2. The minimum Gasteiger partial charge on any atom is -0.492 e. The van der Waals surface area contributed by atoms with E-state index in [4.69, 9.17) is 4.74 Å². The Morgan fingerprint density at radius 1 is 1.15 bits per heavy atom. The third-order valence-corrected chi connectivity index (χ3v) is 4.81. The molecule has 8 heteroatoms. The van der Waals surface area contributed by atoms with Gasteiger partial charge in [-0.1, -0.05) is 29.8 Å². The molecule has 1 fully saturated rings. The Balaban J connectivity index is 1.68. The smallest absolute Gasteiger partial charge is 0.293 e. The molecule has 2 amide bonds. The van der Waals surface area contributed by atoms with Crippen molar-refractivity contribution >= 4 is 34.7 Å². The van der Waals surface area contributed by atoms with Gasteiger partial charge in [0.25, 0.3) is 16.8 Å². The summed E-state index contributed by atoms with van der Waals surface area (Å²) in [6.45, 7) is 2.24. The van der Waals surface area contributed by atoms with Crippen molar-refractivity contribution in [3.63, 3.8) is 0 Å². The molecule has 2 aromatic carbocycles. The molecule has 0 unspecified atom stereocenters. The second-order valence-corrected chi connectivity index (χ2v) is 6.80. The van der Waals surface area contributed by atoms with Crippen molar-refractivity contribution < 1.29 is 19.2 Å². The van der Waals surface area contributed by atoms with Crippen LogP contribution >= 0.6 is 11.8 Å². The molecule has 1 aliphatic heterocycles. The maximum atomic E-state index is 12.5. The number of amides is 2. The average molecular weight is 384 g/mol. The number of carbonyl (C=O) groups is 2. The van der Waals surface area contributed by atoms with Gasteiger partial charge in [0, 0.05) is 6.07 Å². The monoisotopic (exact) mass is 384 g/mol. The van der Waals surface area contributed by atoms with Crippen molar-refractivity contribution in [2.75, 3.05) is 13.2 Å². The molecule has 1 heterocycles. The van der Waals surface area contributed by atoms with Crippen LogP contribution in [0.4, 0.5) is 10.5 Å². The molecule has 0 bridgehead atoms. The molecule has 0 saturated carbocycles. The normalized spacial score (nSPS) is 15.4. The largest absolute Gasteiger partial charge is 0.492 e. The zero-order valence-electron chi connectivity index (χ0n) is 14.5. The van der Waals surface area contributed by atoms with Crippen LogP contribution in [-0.4, -0.2) is 34.1 Å². The van der Waals surface area contributed by atoms with Crippen molar-refractivity contribution in [3.8, 4) is 5.75 Å². The van der Waals surface area contributed by atoms with Crippen LogP contribution in [0.25, 0.3) is 6.08 Å². The average Bonchev–Trinajstić information content (AvgIpc) is 2.91. The molecule has 7 nitrogen and oxygen atoms in total. The van der Waals surface area contributed by atoms with Gasteiger partial charge in [-0.2, -0.15) is 0 Å². The molecular weight excluding hydrogens is 368 g/mol. The Kier molecular flexibility index (Phi) is 5.56. The molecule has 1 aliphatic rings. The summed E-state index contributed by atoms with van der Waals surface area (Å²) in [6.07, 6.45) is 1.38. The van der Waals surface area contributed by atoms with E-state index in [9.17, 15) is 19.7 Å². The number of benzene rings is 2. The highest BCUT2D eigenvalue weighted by Crippen LogP contribution is 2.33. The van der Waals surface area contributed by atoms with E-state index in [1.165, 1.54) is 18.2 Å². The van der Waals surface area contributed by atoms with Gasteiger partial charge < -0.3 is 4.74 Å². The zero-order valence-corrected chi connectivity index (χ0v) is 15.3. The van der Waals surface area contributed by atoms with E-state index >= 15 is 0 Å². The maximum Gasteiger partial charge on any atom is 0.293 e. The summed E-state index contributed by atoms with van der Waals surface area (Å²) in [4.78, 5) is 36.4. The van der Waals surface area contributed by atoms with Gasteiger partial charge in [0.15, 0.2) is 0 Å². The second-order valence-electron chi connectivity index (χ2n) is 5.81. The van der Waals surface area contributed by atoms with Crippen LogP contribution < -0.4 is 4.74 Å². The number of para-hydroxylation sites is 1. The molecule has 0 atom stereocenters. The molecule has 138 valence electrons. The van der Waals surface area contributed by atoms with Gasteiger partial charge >= 0.3 is 0 Å². The SMILES string of the molecule is Cc1ccc(OCCN2C(=O)S/C(=C\c3ccccc3[N+](=O)[O-])C2=O)cc1. The fourth-order valence-electron chi connectivity index (χ4n) is 2.50. The Labute approximate surface area is 159 Å². The van der Waals surface area contributed by atoms with Crippen molar-refractivity contribution in [2.45, 2.75) is 6.92 Å². The Hall–Kier alpha value is -3.13. The highest BCUT2D eigenvalue weighted by atomic mass is 32.2. The number of carbonyl (C=O) groups excluding carboxylic acids is 2. The van der Waals surface area contributed by atoms with Crippen molar-refractivity contribution in [3.05, 3.63) is 74.7 Å². The predicted octanol–water partition coefficient (Wildman–Crippen LogP) is 4.02. The first-order valence-electron chi connectivity index (χ1n) is 8.14. The van der Waals surface area contributed by atoms with Crippen LogP contribution in [-0.2, 0) is 4.79 Å². The summed E-state index contributed by atoms with van der Waals surface area (Å²) in [5, 5.41) is 10.7. The number of nitro benzene ring substituents is 1. The van der Waals surface area contributed by atoms with E-state index in [2.05, 4.69) is 0 Å². The number of nitro groups is 1. The van der Waals surface area contributed by atoms with Crippen molar-refractivity contribution in [1.29, 1.82) is 0 Å². The van der Waals surface area contributed by atoms with Gasteiger partial charge in [-0.3, -0.25) is 24.6 Å². The van der Waals surface area contributed by atoms with Crippen LogP contribution in [0.2, 0.25) is 0 Å². The van der Waals surface area contributed by atoms with Gasteiger partial charge in [0.05, 0.1) is 21.9 Å². The first-order chi connectivity index (χ1) is 13.0. The molecule has 3 rings (SSSR count). The number of hydrogen-bond acceptors (Lipinski definition) is 6. The Morgan fingerprint density at radius 2 is 1.85 bits per heavy atom. The van der Waals surface area contributed by atoms with E-state index in [1.807, 2.05) is 31.2 Å². The lowest BCUT2D eigenvalue weighted by Crippen LogP contribution is -2.32. The van der Waals surface area contributed by atoms with Gasteiger partial charge in [-0.05, 0) is 43.0 Å². The third-order valence-electron chi connectivity index (χ3n) is 3.90. The van der Waals surface area contributed by atoms with E-state index in [1.54, 1.807) is 12.1 Å². The number of imide groups is 1. The third kappa shape index (κ3) is 4.35. The molecule has 0 aliphatic carbocycles. The summed E-state index contributed by atoms with van der Waals surface area (Å²) in [5.74, 6) is 0.179. The molecule has 27 heavy (non-hydrogen) atoms. The lowest BCUT2D eigenvalue weighted by atomic mass is 10.1. The topological polar surface area (TPSA) is 89.8 Å². The predicted molar refractivity (Wildman–Crippen MR) is 102 cm³/mol. The van der Waals surface area contributed by atoms with E-state index in [-0.39, 0.29) is 29.3 Å². The molecule has 0 N–H and O–H groups in total. The Morgan fingerprint density at radius 3 is 2.56 bits per heavy atom. The quantitative estimate of drug-likeness (QED) is 0.424. The lowest BCUT2D eigenvalue weighted by Gasteiger charge is -2.13. The van der Waals surface area contributed by atoms with Gasteiger partial charge in [-0.15, -0.1) is 0 Å². The molecule has 2 aromatic rings. The highest BCUT2D eigenvalue weighted by Gasteiger charge is 2.35. The van der Waals surface area contributed by atoms with Gasteiger partial charge in [0.1, 0.15) is 12.4 Å². The van der Waals surface area contributed by atoms with Crippen molar-refractivity contribution in [1.82, 2.24) is 4.90 Å². The summed E-state index contributed by atoms with van der Waals surface area (Å²) in [7, 11) is 0.